The first-order valence-corrected chi connectivity index (χ1v) is 8.18. The molecule has 0 saturated carbocycles. The molecule has 0 aromatic carbocycles. The summed E-state index contributed by atoms with van der Waals surface area (Å²) >= 11 is 0. The lowest BCUT2D eigenvalue weighted by molar-refractivity contribution is -0.119. The largest absolute Gasteiger partial charge is 0.352 e. The van der Waals surface area contributed by atoms with Gasteiger partial charge < -0.3 is 5.32 Å². The normalized spacial score (nSPS) is 22.0. The number of pyridine rings is 1. The number of nitrogens with one attached hydrogen (secondary N) is 1. The molecule has 21 heavy (non-hydrogen) atoms. The van der Waals surface area contributed by atoms with Gasteiger partial charge in [-0.15, -0.1) is 0 Å². The van der Waals surface area contributed by atoms with E-state index in [1.165, 1.54) is 11.2 Å². The smallest absolute Gasteiger partial charge is 0.260 e. The predicted octanol–water partition coefficient (Wildman–Crippen LogP) is -0.118. The summed E-state index contributed by atoms with van der Waals surface area (Å²) in [6, 6.07) is 3.31. The molecule has 0 aliphatic carbocycles. The van der Waals surface area contributed by atoms with E-state index in [1.807, 2.05) is 0 Å². The van der Waals surface area contributed by atoms with Crippen LogP contribution in [0, 0.1) is 0 Å². The first-order valence-electron chi connectivity index (χ1n) is 6.74. The Kier molecular flexibility index (Phi) is 3.50. The summed E-state index contributed by atoms with van der Waals surface area (Å²) in [5.41, 5.74) is 1.27. The molecule has 1 saturated heterocycles. The Bertz CT molecular complexity index is 714. The number of fused-ring (bicyclic) bond motifs is 1. The Morgan fingerprint density at radius 3 is 3.05 bits per heavy atom. The molecule has 0 unspecified atom stereocenters. The van der Waals surface area contributed by atoms with Crippen LogP contribution >= 0.6 is 0 Å². The van der Waals surface area contributed by atoms with Gasteiger partial charge in [0, 0.05) is 37.8 Å². The summed E-state index contributed by atoms with van der Waals surface area (Å²) in [5.74, 6) is -0.146. The molecule has 3 rings (SSSR count). The molecular formula is C13H16N4O3S. The second-order valence-corrected chi connectivity index (χ2v) is 7.02. The van der Waals surface area contributed by atoms with Crippen LogP contribution in [0.25, 0.3) is 0 Å². The number of hydrogen-bond donors (Lipinski definition) is 1. The number of sulfonamides is 1. The number of rotatable bonds is 2. The minimum atomic E-state index is -3.63. The van der Waals surface area contributed by atoms with Crippen LogP contribution in [0.3, 0.4) is 0 Å². The number of aliphatic imine (C=N–C) groups is 1. The van der Waals surface area contributed by atoms with Crippen molar-refractivity contribution in [1.82, 2.24) is 14.6 Å². The monoisotopic (exact) mass is 308 g/mol. The van der Waals surface area contributed by atoms with E-state index in [2.05, 4.69) is 15.3 Å². The molecule has 2 aliphatic rings. The Balaban J connectivity index is 1.82. The molecule has 1 amide bonds. The molecule has 1 fully saturated rings. The molecule has 0 bridgehead atoms. The van der Waals surface area contributed by atoms with E-state index in [9.17, 15) is 13.2 Å². The van der Waals surface area contributed by atoms with Crippen LogP contribution in [-0.4, -0.2) is 47.8 Å². The van der Waals surface area contributed by atoms with Gasteiger partial charge >= 0.3 is 0 Å². The Hall–Kier alpha value is -1.80. The van der Waals surface area contributed by atoms with Crippen molar-refractivity contribution in [2.75, 3.05) is 13.1 Å². The summed E-state index contributed by atoms with van der Waals surface area (Å²) in [7, 11) is -3.63. The highest BCUT2D eigenvalue weighted by atomic mass is 32.2. The van der Waals surface area contributed by atoms with Gasteiger partial charge in [0.15, 0.2) is 5.04 Å². The van der Waals surface area contributed by atoms with E-state index >= 15 is 0 Å². The van der Waals surface area contributed by atoms with Crippen molar-refractivity contribution in [1.29, 1.82) is 0 Å². The van der Waals surface area contributed by atoms with Gasteiger partial charge in [0.1, 0.15) is 0 Å². The van der Waals surface area contributed by atoms with Gasteiger partial charge in [0.25, 0.3) is 10.0 Å². The van der Waals surface area contributed by atoms with Crippen LogP contribution < -0.4 is 5.32 Å². The summed E-state index contributed by atoms with van der Waals surface area (Å²) in [4.78, 5) is 19.4. The molecule has 0 spiro atoms. The van der Waals surface area contributed by atoms with E-state index in [0.717, 1.165) is 0 Å². The maximum Gasteiger partial charge on any atom is 0.260 e. The lowest BCUT2D eigenvalue weighted by Gasteiger charge is -2.17. The number of nitrogens with zero attached hydrogens (tertiary/aromatic N) is 3. The number of carbonyl (C=O) groups is 1. The maximum absolute atomic E-state index is 12.7. The summed E-state index contributed by atoms with van der Waals surface area (Å²) < 4.78 is 26.8. The third-order valence-corrected chi connectivity index (χ3v) is 5.48. The molecular weight excluding hydrogens is 292 g/mol. The predicted molar refractivity (Wildman–Crippen MR) is 77.2 cm³/mol. The van der Waals surface area contributed by atoms with Crippen LogP contribution in [-0.2, 0) is 21.4 Å². The van der Waals surface area contributed by atoms with Gasteiger partial charge in [-0.3, -0.25) is 14.8 Å². The summed E-state index contributed by atoms with van der Waals surface area (Å²) in [6.07, 6.45) is 2.25. The minimum Gasteiger partial charge on any atom is -0.352 e. The van der Waals surface area contributed by atoms with Crippen LogP contribution in [0.5, 0.6) is 0 Å². The van der Waals surface area contributed by atoms with Gasteiger partial charge in [-0.1, -0.05) is 0 Å². The molecule has 1 atom stereocenters. The first kappa shape index (κ1) is 14.2. The van der Waals surface area contributed by atoms with E-state index in [1.54, 1.807) is 18.3 Å². The Labute approximate surface area is 123 Å². The molecule has 1 aromatic rings. The fourth-order valence-corrected chi connectivity index (χ4v) is 4.34. The number of amides is 1. The van der Waals surface area contributed by atoms with E-state index < -0.39 is 10.0 Å². The zero-order valence-corrected chi connectivity index (χ0v) is 12.4. The molecule has 3 heterocycles. The average molecular weight is 308 g/mol. The van der Waals surface area contributed by atoms with Gasteiger partial charge in [-0.25, -0.2) is 8.42 Å². The van der Waals surface area contributed by atoms with Crippen LogP contribution in [0.2, 0.25) is 0 Å². The number of aromatic nitrogens is 1. The molecule has 8 heteroatoms. The van der Waals surface area contributed by atoms with Crippen molar-refractivity contribution >= 4 is 21.0 Å². The van der Waals surface area contributed by atoms with E-state index in [4.69, 9.17) is 0 Å². The van der Waals surface area contributed by atoms with Crippen LogP contribution in [0.4, 0.5) is 0 Å². The quantitative estimate of drug-likeness (QED) is 0.824. The van der Waals surface area contributed by atoms with E-state index in [0.29, 0.717) is 30.8 Å². The molecule has 2 aliphatic heterocycles. The fourth-order valence-electron chi connectivity index (χ4n) is 2.69. The van der Waals surface area contributed by atoms with Crippen molar-refractivity contribution in [3.63, 3.8) is 0 Å². The second kappa shape index (κ2) is 5.19. The Morgan fingerprint density at radius 2 is 2.29 bits per heavy atom. The summed E-state index contributed by atoms with van der Waals surface area (Å²) in [5, 5.41) is 2.85. The maximum atomic E-state index is 12.7. The standard InChI is InChI=1S/C13H16N4O3S/c1-9(18)16-10-4-6-17(8-10)21(19,20)13-11-3-2-5-14-12(11)7-15-13/h2-3,5,10H,4,6-8H2,1H3,(H,16,18)/t10-/m1/s1. The fraction of sp³-hybridized carbons (Fsp3) is 0.462. The lowest BCUT2D eigenvalue weighted by atomic mass is 10.2. The van der Waals surface area contributed by atoms with Crippen LogP contribution in [0.15, 0.2) is 23.3 Å². The van der Waals surface area contributed by atoms with Crippen molar-refractivity contribution in [3.05, 3.63) is 29.6 Å². The van der Waals surface area contributed by atoms with Crippen molar-refractivity contribution in [3.8, 4) is 0 Å². The van der Waals surface area contributed by atoms with Crippen molar-refractivity contribution in [2.24, 2.45) is 4.99 Å². The molecule has 1 aromatic heterocycles. The average Bonchev–Trinajstić information content (AvgIpc) is 3.04. The first-order chi connectivity index (χ1) is 9.98. The number of hydrogen-bond acceptors (Lipinski definition) is 5. The van der Waals surface area contributed by atoms with Gasteiger partial charge in [-0.05, 0) is 18.6 Å². The van der Waals surface area contributed by atoms with Gasteiger partial charge in [0.2, 0.25) is 5.91 Å². The molecule has 1 N–H and O–H groups in total. The Morgan fingerprint density at radius 1 is 1.48 bits per heavy atom. The van der Waals surface area contributed by atoms with Crippen molar-refractivity contribution < 1.29 is 13.2 Å². The summed E-state index contributed by atoms with van der Waals surface area (Å²) in [6.45, 7) is 2.41. The SMILES string of the molecule is CC(=O)N[C@@H]1CCN(S(=O)(=O)C2=NCc3ncccc32)C1. The second-order valence-electron chi connectivity index (χ2n) is 5.17. The van der Waals surface area contributed by atoms with Crippen LogP contribution in [0.1, 0.15) is 24.6 Å². The minimum absolute atomic E-state index is 0.0917. The zero-order chi connectivity index (χ0) is 15.0. The highest BCUT2D eigenvalue weighted by Gasteiger charge is 2.38. The highest BCUT2D eigenvalue weighted by Crippen LogP contribution is 2.24. The number of carbonyl (C=O) groups excluding carboxylic acids is 1. The third kappa shape index (κ3) is 2.56. The zero-order valence-electron chi connectivity index (χ0n) is 11.6. The van der Waals surface area contributed by atoms with Crippen molar-refractivity contribution in [2.45, 2.75) is 25.9 Å². The molecule has 7 nitrogen and oxygen atoms in total. The molecule has 0 radical (unpaired) electrons. The highest BCUT2D eigenvalue weighted by molar-refractivity contribution is 8.05. The molecule has 112 valence electrons. The van der Waals surface area contributed by atoms with Gasteiger partial charge in [-0.2, -0.15) is 4.31 Å². The lowest BCUT2D eigenvalue weighted by Crippen LogP contribution is -2.39. The topological polar surface area (TPSA) is 91.7 Å². The third-order valence-electron chi connectivity index (χ3n) is 3.64. The van der Waals surface area contributed by atoms with Gasteiger partial charge in [0.05, 0.1) is 12.2 Å². The van der Waals surface area contributed by atoms with E-state index in [-0.39, 0.29) is 23.5 Å².